The molecule has 0 fully saturated rings. The second kappa shape index (κ2) is 14.9. The van der Waals surface area contributed by atoms with E-state index in [-0.39, 0.29) is 17.7 Å². The van der Waals surface area contributed by atoms with E-state index >= 15 is 0 Å². The predicted octanol–water partition coefficient (Wildman–Crippen LogP) is 7.01. The Morgan fingerprint density at radius 3 is 1.84 bits per heavy atom. The molecule has 2 rings (SSSR count). The Balaban J connectivity index is 1.63. The number of benzene rings is 2. The smallest absolute Gasteiger partial charge is 0.313 e. The van der Waals surface area contributed by atoms with Crippen LogP contribution in [0.5, 0.6) is 0 Å². The van der Waals surface area contributed by atoms with Gasteiger partial charge < -0.3 is 4.74 Å². The predicted molar refractivity (Wildman–Crippen MR) is 131 cm³/mol. The second-order valence-corrected chi connectivity index (χ2v) is 8.56. The van der Waals surface area contributed by atoms with Crippen LogP contribution in [0, 0.1) is 0 Å². The summed E-state index contributed by atoms with van der Waals surface area (Å²) >= 11 is 4.23. The maximum absolute atomic E-state index is 12.5. The van der Waals surface area contributed by atoms with Crippen molar-refractivity contribution >= 4 is 24.4 Å². The van der Waals surface area contributed by atoms with Crippen molar-refractivity contribution in [1.82, 2.24) is 0 Å². The van der Waals surface area contributed by atoms with E-state index in [0.717, 1.165) is 24.2 Å². The molecule has 0 saturated carbocycles. The van der Waals surface area contributed by atoms with Gasteiger partial charge in [0.1, 0.15) is 0 Å². The number of thiol groups is 1. The summed E-state index contributed by atoms with van der Waals surface area (Å²) in [6.07, 6.45) is 10.9. The summed E-state index contributed by atoms with van der Waals surface area (Å²) in [5, 5.41) is 0. The quantitative estimate of drug-likeness (QED) is 0.140. The molecule has 168 valence electrons. The van der Waals surface area contributed by atoms with Gasteiger partial charge in [-0.25, -0.2) is 0 Å². The first-order valence-electron chi connectivity index (χ1n) is 11.6. The van der Waals surface area contributed by atoms with Gasteiger partial charge in [0.2, 0.25) is 0 Å². The number of carbonyl (C=O) groups is 2. The molecule has 0 aromatic heterocycles. The molecule has 1 atom stereocenters. The number of carbonyl (C=O) groups excluding carboxylic acids is 2. The first-order valence-corrected chi connectivity index (χ1v) is 12.2. The van der Waals surface area contributed by atoms with E-state index in [1.54, 1.807) is 24.3 Å². The molecular weight excluding hydrogens is 404 g/mol. The minimum atomic E-state index is -0.335. The molecule has 0 aliphatic rings. The third kappa shape index (κ3) is 9.30. The number of ether oxygens (including phenoxy) is 1. The van der Waals surface area contributed by atoms with Crippen LogP contribution in [-0.2, 0) is 9.53 Å². The van der Waals surface area contributed by atoms with Crippen molar-refractivity contribution in [2.45, 2.75) is 70.6 Å². The molecule has 31 heavy (non-hydrogen) atoms. The maximum Gasteiger partial charge on any atom is 0.313 e. The largest absolute Gasteiger partial charge is 0.465 e. The van der Waals surface area contributed by atoms with Gasteiger partial charge in [-0.2, -0.15) is 12.6 Å². The molecule has 2 aromatic carbocycles. The third-order valence-electron chi connectivity index (χ3n) is 5.61. The monoisotopic (exact) mass is 440 g/mol. The van der Waals surface area contributed by atoms with Crippen molar-refractivity contribution in [1.29, 1.82) is 0 Å². The number of esters is 1. The fourth-order valence-electron chi connectivity index (χ4n) is 3.56. The van der Waals surface area contributed by atoms with Crippen LogP contribution < -0.4 is 0 Å². The molecule has 0 spiro atoms. The highest BCUT2D eigenvalue weighted by molar-refractivity contribution is 7.80. The lowest BCUT2D eigenvalue weighted by molar-refractivity contribution is -0.145. The molecule has 0 bridgehead atoms. The Kier molecular flexibility index (Phi) is 12.1. The number of ketones is 1. The van der Waals surface area contributed by atoms with Gasteiger partial charge in [-0.3, -0.25) is 9.59 Å². The van der Waals surface area contributed by atoms with E-state index in [1.807, 2.05) is 37.3 Å². The number of hydrogen-bond acceptors (Lipinski definition) is 4. The lowest BCUT2D eigenvalue weighted by Gasteiger charge is -2.12. The molecule has 2 aromatic rings. The SMILES string of the molecule is CC(C(=O)OCCCCCCCCCCCS)c1ccc(C(=O)c2ccccc2)cc1. The van der Waals surface area contributed by atoms with Crippen LogP contribution in [0.1, 0.15) is 92.1 Å². The van der Waals surface area contributed by atoms with Gasteiger partial charge >= 0.3 is 5.97 Å². The minimum absolute atomic E-state index is 0.0139. The van der Waals surface area contributed by atoms with Gasteiger partial charge in [0.15, 0.2) is 5.78 Å². The van der Waals surface area contributed by atoms with Gasteiger partial charge in [-0.05, 0) is 31.1 Å². The zero-order chi connectivity index (χ0) is 22.3. The molecule has 3 nitrogen and oxygen atoms in total. The van der Waals surface area contributed by atoms with Crippen LogP contribution in [0.2, 0.25) is 0 Å². The van der Waals surface area contributed by atoms with E-state index in [4.69, 9.17) is 4.74 Å². The summed E-state index contributed by atoms with van der Waals surface area (Å²) in [6, 6.07) is 16.5. The van der Waals surface area contributed by atoms with Crippen molar-refractivity contribution in [2.75, 3.05) is 12.4 Å². The zero-order valence-corrected chi connectivity index (χ0v) is 19.6. The lowest BCUT2D eigenvalue weighted by Crippen LogP contribution is -2.14. The summed E-state index contributed by atoms with van der Waals surface area (Å²) in [6.45, 7) is 2.33. The van der Waals surface area contributed by atoms with Gasteiger partial charge in [0.25, 0.3) is 0 Å². The summed E-state index contributed by atoms with van der Waals surface area (Å²) in [5.74, 6) is 0.445. The highest BCUT2D eigenvalue weighted by atomic mass is 32.1. The Hall–Kier alpha value is -2.07. The van der Waals surface area contributed by atoms with Gasteiger partial charge in [0.05, 0.1) is 12.5 Å². The molecule has 0 heterocycles. The molecule has 0 aliphatic carbocycles. The molecular formula is C27H36O3S. The van der Waals surface area contributed by atoms with Crippen LogP contribution >= 0.6 is 12.6 Å². The molecule has 1 unspecified atom stereocenters. The van der Waals surface area contributed by atoms with Crippen molar-refractivity contribution < 1.29 is 14.3 Å². The topological polar surface area (TPSA) is 43.4 Å². The van der Waals surface area contributed by atoms with Crippen LogP contribution in [-0.4, -0.2) is 24.1 Å². The summed E-state index contributed by atoms with van der Waals surface area (Å²) in [5.41, 5.74) is 2.15. The highest BCUT2D eigenvalue weighted by Crippen LogP contribution is 2.19. The molecule has 4 heteroatoms. The van der Waals surface area contributed by atoms with Crippen LogP contribution in [0.3, 0.4) is 0 Å². The first kappa shape index (κ1) is 25.2. The van der Waals surface area contributed by atoms with Gasteiger partial charge in [-0.15, -0.1) is 0 Å². The van der Waals surface area contributed by atoms with Gasteiger partial charge in [0, 0.05) is 11.1 Å². The van der Waals surface area contributed by atoms with E-state index in [9.17, 15) is 9.59 Å². The summed E-state index contributed by atoms with van der Waals surface area (Å²) in [4.78, 5) is 24.8. The average Bonchev–Trinajstić information content (AvgIpc) is 2.82. The number of hydrogen-bond donors (Lipinski definition) is 1. The molecule has 0 amide bonds. The minimum Gasteiger partial charge on any atom is -0.465 e. The normalized spacial score (nSPS) is 11.8. The van der Waals surface area contributed by atoms with E-state index in [0.29, 0.717) is 17.7 Å². The molecule has 0 N–H and O–H groups in total. The van der Waals surface area contributed by atoms with Crippen molar-refractivity contribution in [2.24, 2.45) is 0 Å². The fourth-order valence-corrected chi connectivity index (χ4v) is 3.79. The number of unbranched alkanes of at least 4 members (excludes halogenated alkanes) is 8. The van der Waals surface area contributed by atoms with Crippen molar-refractivity contribution in [3.63, 3.8) is 0 Å². The summed E-state index contributed by atoms with van der Waals surface area (Å²) in [7, 11) is 0. The van der Waals surface area contributed by atoms with Crippen LogP contribution in [0.25, 0.3) is 0 Å². The zero-order valence-electron chi connectivity index (χ0n) is 18.7. The summed E-state index contributed by atoms with van der Waals surface area (Å²) < 4.78 is 5.46. The third-order valence-corrected chi connectivity index (χ3v) is 5.93. The Morgan fingerprint density at radius 1 is 0.742 bits per heavy atom. The standard InChI is InChI=1S/C27H36O3S/c1-22(27(29)30-20-12-7-5-3-2-4-6-8-13-21-31)23-16-18-25(19-17-23)26(28)24-14-10-9-11-15-24/h9-11,14-19,22,31H,2-8,12-13,20-21H2,1H3. The Bertz CT molecular complexity index is 771. The number of rotatable bonds is 15. The van der Waals surface area contributed by atoms with Crippen LogP contribution in [0.4, 0.5) is 0 Å². The van der Waals surface area contributed by atoms with Crippen molar-refractivity contribution in [3.8, 4) is 0 Å². The Morgan fingerprint density at radius 2 is 1.26 bits per heavy atom. The highest BCUT2D eigenvalue weighted by Gasteiger charge is 2.17. The van der Waals surface area contributed by atoms with E-state index < -0.39 is 0 Å². The fraction of sp³-hybridized carbons (Fsp3) is 0.481. The lowest BCUT2D eigenvalue weighted by atomic mass is 9.97. The first-order chi connectivity index (χ1) is 15.1. The van der Waals surface area contributed by atoms with Gasteiger partial charge in [-0.1, -0.05) is 99.5 Å². The maximum atomic E-state index is 12.5. The average molecular weight is 441 g/mol. The molecule has 0 radical (unpaired) electrons. The van der Waals surface area contributed by atoms with Crippen LogP contribution in [0.15, 0.2) is 54.6 Å². The molecule has 0 aliphatic heterocycles. The van der Waals surface area contributed by atoms with E-state index in [1.165, 1.54) is 44.9 Å². The van der Waals surface area contributed by atoms with Crippen molar-refractivity contribution in [3.05, 3.63) is 71.3 Å². The Labute approximate surface area is 193 Å². The molecule has 0 saturated heterocycles. The second-order valence-electron chi connectivity index (χ2n) is 8.11. The van der Waals surface area contributed by atoms with E-state index in [2.05, 4.69) is 12.6 Å².